The predicted molar refractivity (Wildman–Crippen MR) is 99.9 cm³/mol. The predicted octanol–water partition coefficient (Wildman–Crippen LogP) is 5.39. The second-order valence-electron chi connectivity index (χ2n) is 7.15. The minimum absolute atomic E-state index is 0.281. The summed E-state index contributed by atoms with van der Waals surface area (Å²) >= 11 is 0. The maximum atomic E-state index is 10.7. The molecule has 0 atom stereocenters. The Balaban J connectivity index is 2.73. The van der Waals surface area contributed by atoms with Crippen LogP contribution in [0.25, 0.3) is 0 Å². The van der Waals surface area contributed by atoms with Gasteiger partial charge in [0, 0.05) is 6.42 Å². The van der Waals surface area contributed by atoms with Gasteiger partial charge in [-0.25, -0.2) is 0 Å². The van der Waals surface area contributed by atoms with Crippen LogP contribution in [0.15, 0.2) is 58.7 Å². The van der Waals surface area contributed by atoms with Gasteiger partial charge in [0.25, 0.3) is 0 Å². The normalized spacial score (nSPS) is 19.9. The van der Waals surface area contributed by atoms with Gasteiger partial charge in [0.05, 0.1) is 0 Å². The van der Waals surface area contributed by atoms with Gasteiger partial charge in [-0.05, 0) is 51.0 Å². The number of nitrogens with two attached hydrogens (primary N) is 1. The van der Waals surface area contributed by atoms with E-state index in [0.717, 1.165) is 5.57 Å². The lowest BCUT2D eigenvalue weighted by Gasteiger charge is -2.32. The van der Waals surface area contributed by atoms with E-state index in [1.54, 1.807) is 0 Å². The number of rotatable bonds is 6. The third kappa shape index (κ3) is 6.85. The zero-order valence-electron chi connectivity index (χ0n) is 15.3. The smallest absolute Gasteiger partial charge is 0.221 e. The summed E-state index contributed by atoms with van der Waals surface area (Å²) in [6.07, 6.45) is 16.5. The second kappa shape index (κ2) is 8.71. The van der Waals surface area contributed by atoms with Gasteiger partial charge in [-0.1, -0.05) is 67.0 Å². The SMILES string of the molecule is CC1=C(/C=C/C(C)=C/C=C/C(C)=C/CC(N)=O)C(C)(C)CCC1. The van der Waals surface area contributed by atoms with Crippen molar-refractivity contribution in [3.8, 4) is 0 Å². The molecule has 0 saturated carbocycles. The summed E-state index contributed by atoms with van der Waals surface area (Å²) in [4.78, 5) is 10.7. The Morgan fingerprint density at radius 1 is 1.22 bits per heavy atom. The molecule has 0 radical (unpaired) electrons. The van der Waals surface area contributed by atoms with E-state index in [-0.39, 0.29) is 11.3 Å². The lowest BCUT2D eigenvalue weighted by molar-refractivity contribution is -0.117. The first-order valence-electron chi connectivity index (χ1n) is 8.41. The number of hydrogen-bond donors (Lipinski definition) is 1. The van der Waals surface area contributed by atoms with Crippen LogP contribution in [-0.2, 0) is 4.79 Å². The molecule has 0 aliphatic heterocycles. The summed E-state index contributed by atoms with van der Waals surface area (Å²) in [5.74, 6) is -0.300. The van der Waals surface area contributed by atoms with Crippen molar-refractivity contribution in [2.45, 2.75) is 60.3 Å². The molecule has 2 nitrogen and oxygen atoms in total. The molecule has 1 aliphatic carbocycles. The number of allylic oxidation sites excluding steroid dienone is 9. The zero-order valence-corrected chi connectivity index (χ0v) is 15.3. The molecule has 0 unspecified atom stereocenters. The van der Waals surface area contributed by atoms with Crippen LogP contribution in [0.4, 0.5) is 0 Å². The van der Waals surface area contributed by atoms with Crippen LogP contribution in [-0.4, -0.2) is 5.91 Å². The van der Waals surface area contributed by atoms with Crippen molar-refractivity contribution in [2.24, 2.45) is 11.1 Å². The van der Waals surface area contributed by atoms with Crippen LogP contribution < -0.4 is 5.73 Å². The Morgan fingerprint density at radius 2 is 1.91 bits per heavy atom. The van der Waals surface area contributed by atoms with Crippen molar-refractivity contribution in [3.63, 3.8) is 0 Å². The van der Waals surface area contributed by atoms with E-state index in [0.29, 0.717) is 6.42 Å². The summed E-state index contributed by atoms with van der Waals surface area (Å²) in [5.41, 5.74) is 10.7. The van der Waals surface area contributed by atoms with E-state index in [2.05, 4.69) is 45.9 Å². The van der Waals surface area contributed by atoms with Gasteiger partial charge in [-0.15, -0.1) is 0 Å². The second-order valence-corrected chi connectivity index (χ2v) is 7.15. The molecule has 0 heterocycles. The maximum Gasteiger partial charge on any atom is 0.221 e. The number of carbonyl (C=O) groups excluding carboxylic acids is 1. The van der Waals surface area contributed by atoms with Gasteiger partial charge in [-0.3, -0.25) is 4.79 Å². The lowest BCUT2D eigenvalue weighted by Crippen LogP contribution is -2.19. The lowest BCUT2D eigenvalue weighted by atomic mass is 9.72. The Hall–Kier alpha value is -1.83. The van der Waals surface area contributed by atoms with Gasteiger partial charge in [0.2, 0.25) is 5.91 Å². The minimum Gasteiger partial charge on any atom is -0.369 e. The zero-order chi connectivity index (χ0) is 17.5. The molecule has 1 rings (SSSR count). The van der Waals surface area contributed by atoms with E-state index < -0.39 is 0 Å². The van der Waals surface area contributed by atoms with Gasteiger partial charge in [0.1, 0.15) is 0 Å². The molecule has 0 spiro atoms. The molecule has 1 aliphatic rings. The molecule has 0 aromatic heterocycles. The van der Waals surface area contributed by atoms with Crippen LogP contribution in [0.2, 0.25) is 0 Å². The minimum atomic E-state index is -0.300. The highest BCUT2D eigenvalue weighted by Crippen LogP contribution is 2.40. The van der Waals surface area contributed by atoms with Crippen molar-refractivity contribution in [2.75, 3.05) is 0 Å². The highest BCUT2D eigenvalue weighted by Gasteiger charge is 2.26. The van der Waals surface area contributed by atoms with Crippen LogP contribution in [0.3, 0.4) is 0 Å². The molecular weight excluding hydrogens is 282 g/mol. The molecule has 2 heteroatoms. The third-order valence-corrected chi connectivity index (χ3v) is 4.40. The molecule has 0 aromatic rings. The van der Waals surface area contributed by atoms with Crippen molar-refractivity contribution >= 4 is 5.91 Å². The molecule has 126 valence electrons. The van der Waals surface area contributed by atoms with E-state index in [1.165, 1.54) is 36.0 Å². The Morgan fingerprint density at radius 3 is 2.52 bits per heavy atom. The van der Waals surface area contributed by atoms with Crippen molar-refractivity contribution < 1.29 is 4.79 Å². The van der Waals surface area contributed by atoms with Gasteiger partial charge in [-0.2, -0.15) is 0 Å². The topological polar surface area (TPSA) is 43.1 Å². The number of amides is 1. The number of primary amides is 1. The fraction of sp³-hybridized carbons (Fsp3) is 0.476. The molecular formula is C21H31NO. The fourth-order valence-corrected chi connectivity index (χ4v) is 2.96. The summed E-state index contributed by atoms with van der Waals surface area (Å²) in [7, 11) is 0. The van der Waals surface area contributed by atoms with Crippen molar-refractivity contribution in [1.29, 1.82) is 0 Å². The first-order valence-corrected chi connectivity index (χ1v) is 8.41. The molecule has 0 aromatic carbocycles. The quantitative estimate of drug-likeness (QED) is 0.656. The summed E-state index contributed by atoms with van der Waals surface area (Å²) < 4.78 is 0. The average molecular weight is 313 g/mol. The van der Waals surface area contributed by atoms with Gasteiger partial charge < -0.3 is 5.73 Å². The Labute approximate surface area is 141 Å². The highest BCUT2D eigenvalue weighted by molar-refractivity contribution is 5.75. The Kier molecular flexibility index (Phi) is 7.28. The maximum absolute atomic E-state index is 10.7. The summed E-state index contributed by atoms with van der Waals surface area (Å²) in [5, 5.41) is 0. The molecule has 0 saturated heterocycles. The van der Waals surface area contributed by atoms with Crippen LogP contribution in [0, 0.1) is 5.41 Å². The molecule has 1 amide bonds. The average Bonchev–Trinajstić information content (AvgIpc) is 2.44. The molecule has 2 N–H and O–H groups in total. The number of carbonyl (C=O) groups is 1. The van der Waals surface area contributed by atoms with Gasteiger partial charge >= 0.3 is 0 Å². The summed E-state index contributed by atoms with van der Waals surface area (Å²) in [6, 6.07) is 0. The van der Waals surface area contributed by atoms with Gasteiger partial charge in [0.15, 0.2) is 0 Å². The molecule has 0 bridgehead atoms. The van der Waals surface area contributed by atoms with E-state index >= 15 is 0 Å². The van der Waals surface area contributed by atoms with E-state index in [1.807, 2.05) is 25.2 Å². The first kappa shape index (κ1) is 19.2. The fourth-order valence-electron chi connectivity index (χ4n) is 2.96. The first-order chi connectivity index (χ1) is 10.7. The summed E-state index contributed by atoms with van der Waals surface area (Å²) in [6.45, 7) is 11.0. The van der Waals surface area contributed by atoms with Crippen LogP contribution in [0.5, 0.6) is 0 Å². The van der Waals surface area contributed by atoms with Crippen molar-refractivity contribution in [3.05, 3.63) is 58.7 Å². The van der Waals surface area contributed by atoms with Crippen molar-refractivity contribution in [1.82, 2.24) is 0 Å². The monoisotopic (exact) mass is 313 g/mol. The standard InChI is InChI=1S/C21H31NO/c1-16(8-6-9-17(2)12-14-20(22)23)11-13-19-18(3)10-7-15-21(19,4)5/h6,8-9,11-13H,7,10,14-15H2,1-5H3,(H2,22,23)/b9-6+,13-11+,16-8+,17-12+. The van der Waals surface area contributed by atoms with E-state index in [9.17, 15) is 4.79 Å². The highest BCUT2D eigenvalue weighted by atomic mass is 16.1. The largest absolute Gasteiger partial charge is 0.369 e. The van der Waals surface area contributed by atoms with Crippen LogP contribution >= 0.6 is 0 Å². The molecule has 0 fully saturated rings. The van der Waals surface area contributed by atoms with E-state index in [4.69, 9.17) is 5.73 Å². The molecule has 23 heavy (non-hydrogen) atoms. The number of hydrogen-bond acceptors (Lipinski definition) is 1. The third-order valence-electron chi connectivity index (χ3n) is 4.40. The van der Waals surface area contributed by atoms with Crippen LogP contribution in [0.1, 0.15) is 60.3 Å². The Bertz CT molecular complexity index is 583.